The second kappa shape index (κ2) is 9.32. The summed E-state index contributed by atoms with van der Waals surface area (Å²) < 4.78 is 0. The molecule has 4 nitrogen and oxygen atoms in total. The van der Waals surface area contributed by atoms with Crippen LogP contribution in [-0.4, -0.2) is 19.9 Å². The van der Waals surface area contributed by atoms with E-state index >= 15 is 0 Å². The molecule has 0 aliphatic rings. The van der Waals surface area contributed by atoms with Crippen molar-refractivity contribution in [3.05, 3.63) is 133 Å². The zero-order chi connectivity index (χ0) is 27.3. The van der Waals surface area contributed by atoms with E-state index in [-0.39, 0.29) is 0 Å². The van der Waals surface area contributed by atoms with Gasteiger partial charge >= 0.3 is 0 Å². The van der Waals surface area contributed by atoms with Crippen molar-refractivity contribution >= 4 is 32.3 Å². The molecule has 0 saturated carbocycles. The van der Waals surface area contributed by atoms with Gasteiger partial charge in [-0.25, -0.2) is 15.0 Å². The van der Waals surface area contributed by atoms with Crippen molar-refractivity contribution in [2.45, 2.75) is 6.92 Å². The lowest BCUT2D eigenvalue weighted by Gasteiger charge is -2.15. The molecule has 41 heavy (non-hydrogen) atoms. The molecule has 0 radical (unpaired) electrons. The van der Waals surface area contributed by atoms with Gasteiger partial charge < -0.3 is 0 Å². The van der Waals surface area contributed by atoms with Crippen LogP contribution >= 0.6 is 0 Å². The van der Waals surface area contributed by atoms with Crippen molar-refractivity contribution in [3.8, 4) is 45.3 Å². The topological polar surface area (TPSA) is 51.6 Å². The second-order valence-corrected chi connectivity index (χ2v) is 10.4. The van der Waals surface area contributed by atoms with Gasteiger partial charge in [0.15, 0.2) is 17.5 Å². The van der Waals surface area contributed by atoms with Crippen molar-refractivity contribution in [1.82, 2.24) is 19.9 Å². The summed E-state index contributed by atoms with van der Waals surface area (Å²) in [7, 11) is 0. The van der Waals surface area contributed by atoms with Gasteiger partial charge in [-0.1, -0.05) is 103 Å². The van der Waals surface area contributed by atoms with E-state index in [0.717, 1.165) is 38.8 Å². The highest BCUT2D eigenvalue weighted by atomic mass is 15.0. The summed E-state index contributed by atoms with van der Waals surface area (Å²) in [5.74, 6) is 1.96. The number of aryl methyl sites for hydroxylation is 1. The summed E-state index contributed by atoms with van der Waals surface area (Å²) in [4.78, 5) is 19.7. The molecule has 8 rings (SSSR count). The normalized spacial score (nSPS) is 11.5. The highest BCUT2D eigenvalue weighted by Gasteiger charge is 2.19. The van der Waals surface area contributed by atoms with Gasteiger partial charge in [-0.15, -0.1) is 0 Å². The van der Waals surface area contributed by atoms with E-state index in [2.05, 4.69) is 96.8 Å². The molecule has 0 spiro atoms. The van der Waals surface area contributed by atoms with Crippen LogP contribution in [0.5, 0.6) is 0 Å². The maximum absolute atomic E-state index is 5.15. The molecule has 0 unspecified atom stereocenters. The molecular weight excluding hydrogens is 500 g/mol. The van der Waals surface area contributed by atoms with Crippen LogP contribution in [0.1, 0.15) is 5.56 Å². The second-order valence-electron chi connectivity index (χ2n) is 10.4. The summed E-state index contributed by atoms with van der Waals surface area (Å²) >= 11 is 0. The van der Waals surface area contributed by atoms with Gasteiger partial charge in [-0.05, 0) is 62.5 Å². The molecule has 192 valence electrons. The number of benzene rings is 6. The quantitative estimate of drug-likeness (QED) is 0.215. The first-order valence-corrected chi connectivity index (χ1v) is 13.7. The Morgan fingerprint density at radius 3 is 1.78 bits per heavy atom. The molecule has 0 aliphatic heterocycles. The number of aromatic nitrogens is 4. The average molecular weight is 525 g/mol. The Morgan fingerprint density at radius 1 is 0.439 bits per heavy atom. The van der Waals surface area contributed by atoms with Crippen LogP contribution in [0.25, 0.3) is 77.6 Å². The van der Waals surface area contributed by atoms with Crippen LogP contribution in [0.15, 0.2) is 128 Å². The van der Waals surface area contributed by atoms with Gasteiger partial charge in [0.25, 0.3) is 0 Å². The minimum Gasteiger partial charge on any atom is -0.264 e. The SMILES string of the molecule is Cc1ccccc1-c1nc(-c2ccccc2-c2cccnc2)nc(-c2ccc3ccc4cccc5ccc2c3c45)n1. The summed E-state index contributed by atoms with van der Waals surface area (Å²) in [6, 6.07) is 40.1. The van der Waals surface area contributed by atoms with E-state index < -0.39 is 0 Å². The zero-order valence-electron chi connectivity index (χ0n) is 22.4. The molecule has 0 amide bonds. The predicted molar refractivity (Wildman–Crippen MR) is 168 cm³/mol. The fourth-order valence-corrected chi connectivity index (χ4v) is 5.94. The molecule has 0 saturated heterocycles. The Morgan fingerprint density at radius 2 is 1.05 bits per heavy atom. The van der Waals surface area contributed by atoms with Crippen molar-refractivity contribution in [1.29, 1.82) is 0 Å². The first kappa shape index (κ1) is 23.4. The smallest absolute Gasteiger partial charge is 0.164 e. The third-order valence-corrected chi connectivity index (χ3v) is 7.93. The Hall–Kier alpha value is -5.48. The maximum Gasteiger partial charge on any atom is 0.164 e. The van der Waals surface area contributed by atoms with Crippen LogP contribution in [0.4, 0.5) is 0 Å². The monoisotopic (exact) mass is 524 g/mol. The lowest BCUT2D eigenvalue weighted by Crippen LogP contribution is -2.02. The number of rotatable bonds is 4. The number of hydrogen-bond donors (Lipinski definition) is 0. The molecule has 8 aromatic rings. The summed E-state index contributed by atoms with van der Waals surface area (Å²) in [5.41, 5.74) is 6.10. The average Bonchev–Trinajstić information content (AvgIpc) is 3.04. The predicted octanol–water partition coefficient (Wildman–Crippen LogP) is 9.14. The highest BCUT2D eigenvalue weighted by Crippen LogP contribution is 2.39. The summed E-state index contributed by atoms with van der Waals surface area (Å²) in [6.45, 7) is 2.10. The lowest BCUT2D eigenvalue weighted by molar-refractivity contribution is 1.07. The molecule has 0 fully saturated rings. The molecule has 0 atom stereocenters. The first-order chi connectivity index (χ1) is 20.2. The van der Waals surface area contributed by atoms with E-state index in [9.17, 15) is 0 Å². The van der Waals surface area contributed by atoms with Gasteiger partial charge in [-0.2, -0.15) is 0 Å². The number of pyridine rings is 1. The van der Waals surface area contributed by atoms with Gasteiger partial charge in [0, 0.05) is 34.6 Å². The van der Waals surface area contributed by atoms with Crippen LogP contribution < -0.4 is 0 Å². The molecule has 2 aromatic heterocycles. The van der Waals surface area contributed by atoms with Crippen LogP contribution in [0, 0.1) is 6.92 Å². The van der Waals surface area contributed by atoms with E-state index in [0.29, 0.717) is 17.5 Å². The molecule has 6 aromatic carbocycles. The molecule has 0 N–H and O–H groups in total. The minimum absolute atomic E-state index is 0.637. The fraction of sp³-hybridized carbons (Fsp3) is 0.0270. The van der Waals surface area contributed by atoms with Crippen molar-refractivity contribution in [2.75, 3.05) is 0 Å². The van der Waals surface area contributed by atoms with Crippen LogP contribution in [-0.2, 0) is 0 Å². The molecular formula is C37H24N4. The summed E-state index contributed by atoms with van der Waals surface area (Å²) in [6.07, 6.45) is 3.67. The van der Waals surface area contributed by atoms with E-state index in [1.54, 1.807) is 6.20 Å². The Kier molecular flexibility index (Phi) is 5.32. The third kappa shape index (κ3) is 3.84. The molecule has 2 heterocycles. The molecule has 4 heteroatoms. The van der Waals surface area contributed by atoms with Crippen molar-refractivity contribution in [2.24, 2.45) is 0 Å². The highest BCUT2D eigenvalue weighted by molar-refractivity contribution is 6.25. The summed E-state index contributed by atoms with van der Waals surface area (Å²) in [5, 5.41) is 7.34. The van der Waals surface area contributed by atoms with Crippen LogP contribution in [0.3, 0.4) is 0 Å². The number of nitrogens with zero attached hydrogens (tertiary/aromatic N) is 4. The molecule has 0 aliphatic carbocycles. The van der Waals surface area contributed by atoms with Gasteiger partial charge in [0.05, 0.1) is 0 Å². The lowest BCUT2D eigenvalue weighted by atomic mass is 9.92. The first-order valence-electron chi connectivity index (χ1n) is 13.7. The Bertz CT molecular complexity index is 2200. The maximum atomic E-state index is 5.15. The van der Waals surface area contributed by atoms with E-state index in [4.69, 9.17) is 15.0 Å². The minimum atomic E-state index is 0.637. The fourth-order valence-electron chi connectivity index (χ4n) is 5.94. The number of hydrogen-bond acceptors (Lipinski definition) is 4. The molecule has 0 bridgehead atoms. The van der Waals surface area contributed by atoms with E-state index in [1.807, 2.05) is 36.5 Å². The van der Waals surface area contributed by atoms with E-state index in [1.165, 1.54) is 26.9 Å². The third-order valence-electron chi connectivity index (χ3n) is 7.93. The van der Waals surface area contributed by atoms with Crippen LogP contribution in [0.2, 0.25) is 0 Å². The zero-order valence-corrected chi connectivity index (χ0v) is 22.4. The Balaban J connectivity index is 1.43. The van der Waals surface area contributed by atoms with Gasteiger partial charge in [0.2, 0.25) is 0 Å². The largest absolute Gasteiger partial charge is 0.264 e. The Labute approximate surface area is 237 Å². The van der Waals surface area contributed by atoms with Gasteiger partial charge in [0.1, 0.15) is 0 Å². The standard InChI is InChI=1S/C37H24N4/c1-23-8-2-3-12-28(23)35-39-36(31-14-5-4-13-29(31)27-11-7-21-38-22-27)41-37(40-35)32-20-18-26-16-15-24-9-6-10-25-17-19-30(32)34(26)33(24)25/h2-22H,1H3. The van der Waals surface area contributed by atoms with Crippen molar-refractivity contribution < 1.29 is 0 Å². The van der Waals surface area contributed by atoms with Gasteiger partial charge in [-0.3, -0.25) is 4.98 Å². The van der Waals surface area contributed by atoms with Crippen molar-refractivity contribution in [3.63, 3.8) is 0 Å².